The molecule has 144 valence electrons. The maximum absolute atomic E-state index is 5.31. The smallest absolute Gasteiger partial charge is 0.141 e. The molecular formula is C22H20N6O. The van der Waals surface area contributed by atoms with Gasteiger partial charge < -0.3 is 14.6 Å². The van der Waals surface area contributed by atoms with Crippen molar-refractivity contribution in [2.24, 2.45) is 5.10 Å². The van der Waals surface area contributed by atoms with E-state index in [1.54, 1.807) is 13.4 Å². The molecule has 1 aliphatic rings. The molecule has 1 aliphatic heterocycles. The molecule has 2 aromatic carbocycles. The van der Waals surface area contributed by atoms with Crippen LogP contribution in [0.5, 0.6) is 5.75 Å². The summed E-state index contributed by atoms with van der Waals surface area (Å²) < 4.78 is 5.31. The van der Waals surface area contributed by atoms with E-state index in [0.717, 1.165) is 40.3 Å². The summed E-state index contributed by atoms with van der Waals surface area (Å²) in [5, 5.41) is 7.54. The Morgan fingerprint density at radius 1 is 1.07 bits per heavy atom. The first kappa shape index (κ1) is 17.2. The molecule has 4 aromatic rings. The van der Waals surface area contributed by atoms with Crippen molar-refractivity contribution < 1.29 is 4.74 Å². The van der Waals surface area contributed by atoms with Crippen LogP contribution in [0.1, 0.15) is 5.56 Å². The quantitative estimate of drug-likeness (QED) is 0.566. The summed E-state index contributed by atoms with van der Waals surface area (Å²) in [6.07, 6.45) is 5.34. The number of H-pyrrole nitrogens is 1. The van der Waals surface area contributed by atoms with Crippen molar-refractivity contribution in [2.75, 3.05) is 18.8 Å². The van der Waals surface area contributed by atoms with Crippen LogP contribution in [0, 0.1) is 0 Å². The second-order valence-corrected chi connectivity index (χ2v) is 6.88. The number of hydrogen-bond donors (Lipinski definition) is 1. The minimum absolute atomic E-state index is 0.701. The minimum Gasteiger partial charge on any atom is -0.497 e. The molecule has 2 aromatic heterocycles. The van der Waals surface area contributed by atoms with Crippen LogP contribution in [-0.4, -0.2) is 40.0 Å². The zero-order chi connectivity index (χ0) is 19.6. The molecule has 3 heterocycles. The van der Waals surface area contributed by atoms with E-state index in [9.17, 15) is 0 Å². The topological polar surface area (TPSA) is 69.6 Å². The van der Waals surface area contributed by atoms with E-state index in [-0.39, 0.29) is 0 Å². The molecule has 0 atom stereocenters. The maximum Gasteiger partial charge on any atom is 0.141 e. The molecule has 0 spiro atoms. The molecule has 0 radical (unpaired) electrons. The molecule has 5 rings (SSSR count). The number of aromatic amines is 1. The maximum atomic E-state index is 5.31. The number of ether oxygens (including phenoxy) is 1. The van der Waals surface area contributed by atoms with Crippen molar-refractivity contribution >= 4 is 23.1 Å². The highest BCUT2D eigenvalue weighted by atomic mass is 16.5. The Morgan fingerprint density at radius 3 is 2.83 bits per heavy atom. The number of rotatable bonds is 5. The average Bonchev–Trinajstić information content (AvgIpc) is 3.43. The van der Waals surface area contributed by atoms with Gasteiger partial charge in [-0.1, -0.05) is 24.3 Å². The van der Waals surface area contributed by atoms with Crippen molar-refractivity contribution in [1.82, 2.24) is 19.9 Å². The van der Waals surface area contributed by atoms with Gasteiger partial charge in [0.05, 0.1) is 18.5 Å². The summed E-state index contributed by atoms with van der Waals surface area (Å²) in [7, 11) is 1.68. The molecule has 0 bridgehead atoms. The normalized spacial score (nSPS) is 13.4. The first-order chi connectivity index (χ1) is 14.3. The summed E-state index contributed by atoms with van der Waals surface area (Å²) in [5.74, 6) is 0.868. The van der Waals surface area contributed by atoms with Crippen molar-refractivity contribution in [2.45, 2.75) is 6.54 Å². The second-order valence-electron chi connectivity index (χ2n) is 6.88. The number of aromatic nitrogens is 3. The van der Waals surface area contributed by atoms with E-state index in [4.69, 9.17) is 4.74 Å². The van der Waals surface area contributed by atoms with E-state index in [1.165, 1.54) is 5.56 Å². The summed E-state index contributed by atoms with van der Waals surface area (Å²) in [6.45, 7) is 1.48. The molecular weight excluding hydrogens is 364 g/mol. The molecule has 29 heavy (non-hydrogen) atoms. The number of nitrogens with one attached hydrogen (secondary N) is 1. The summed E-state index contributed by atoms with van der Waals surface area (Å²) in [4.78, 5) is 14.0. The van der Waals surface area contributed by atoms with E-state index >= 15 is 0 Å². The molecule has 0 saturated heterocycles. The molecule has 7 nitrogen and oxygen atoms in total. The van der Waals surface area contributed by atoms with Crippen LogP contribution in [0.3, 0.4) is 0 Å². The van der Waals surface area contributed by atoms with Crippen LogP contribution in [0.25, 0.3) is 22.3 Å². The van der Waals surface area contributed by atoms with E-state index in [1.807, 2.05) is 35.7 Å². The highest BCUT2D eigenvalue weighted by Gasteiger charge is 2.16. The third-order valence-corrected chi connectivity index (χ3v) is 4.98. The van der Waals surface area contributed by atoms with E-state index < -0.39 is 0 Å². The fourth-order valence-electron chi connectivity index (χ4n) is 3.52. The van der Waals surface area contributed by atoms with Crippen molar-refractivity contribution in [3.8, 4) is 17.0 Å². The van der Waals surface area contributed by atoms with Gasteiger partial charge >= 0.3 is 0 Å². The Kier molecular flexibility index (Phi) is 4.32. The molecule has 0 saturated carbocycles. The van der Waals surface area contributed by atoms with Crippen LogP contribution in [-0.2, 0) is 6.54 Å². The number of anilines is 1. The van der Waals surface area contributed by atoms with Crippen molar-refractivity contribution in [3.05, 3.63) is 72.7 Å². The predicted octanol–water partition coefficient (Wildman–Crippen LogP) is 3.86. The predicted molar refractivity (Wildman–Crippen MR) is 114 cm³/mol. The molecule has 0 unspecified atom stereocenters. The van der Waals surface area contributed by atoms with Crippen LogP contribution in [0.2, 0.25) is 0 Å². The van der Waals surface area contributed by atoms with Crippen molar-refractivity contribution in [1.29, 1.82) is 0 Å². The van der Waals surface area contributed by atoms with Gasteiger partial charge in [0.2, 0.25) is 0 Å². The zero-order valence-electron chi connectivity index (χ0n) is 16.0. The number of methoxy groups -OCH3 is 1. The van der Waals surface area contributed by atoms with Gasteiger partial charge in [-0.15, -0.1) is 0 Å². The molecule has 1 N–H and O–H groups in total. The summed E-state index contributed by atoms with van der Waals surface area (Å²) in [5.41, 5.74) is 5.05. The monoisotopic (exact) mass is 384 g/mol. The number of hydrazone groups is 1. The second kappa shape index (κ2) is 7.27. The van der Waals surface area contributed by atoms with Gasteiger partial charge in [0.25, 0.3) is 0 Å². The van der Waals surface area contributed by atoms with Crippen LogP contribution in [0.15, 0.2) is 72.2 Å². The molecule has 0 fully saturated rings. The van der Waals surface area contributed by atoms with Gasteiger partial charge in [0, 0.05) is 23.7 Å². The van der Waals surface area contributed by atoms with Crippen molar-refractivity contribution in [3.63, 3.8) is 0 Å². The standard InChI is InChI=1S/C22H20N6O/c1-29-19-4-2-3-16(11-19)12-27-14-26-28(15-27)18-7-5-17(6-8-18)21-20-9-10-23-22(20)25-13-24-21/h2-11,13-14H,12,15H2,1H3,(H,23,24,25). The van der Waals surface area contributed by atoms with Gasteiger partial charge in [-0.05, 0) is 35.9 Å². The van der Waals surface area contributed by atoms with E-state index in [2.05, 4.69) is 61.4 Å². The Labute approximate surface area is 168 Å². The Bertz CT molecular complexity index is 1170. The highest BCUT2D eigenvalue weighted by Crippen LogP contribution is 2.27. The first-order valence-corrected chi connectivity index (χ1v) is 9.37. The van der Waals surface area contributed by atoms with Gasteiger partial charge in [-0.25, -0.2) is 15.0 Å². The number of nitrogens with zero attached hydrogens (tertiary/aromatic N) is 5. The van der Waals surface area contributed by atoms with Crippen LogP contribution < -0.4 is 9.75 Å². The summed E-state index contributed by atoms with van der Waals surface area (Å²) >= 11 is 0. The van der Waals surface area contributed by atoms with Gasteiger partial charge in [0.15, 0.2) is 0 Å². The lowest BCUT2D eigenvalue weighted by Gasteiger charge is -2.19. The van der Waals surface area contributed by atoms with Gasteiger partial charge in [-0.2, -0.15) is 5.10 Å². The Morgan fingerprint density at radius 2 is 1.97 bits per heavy atom. The fraction of sp³-hybridized carbons (Fsp3) is 0.136. The Balaban J connectivity index is 1.30. The Hall–Kier alpha value is -3.87. The first-order valence-electron chi connectivity index (χ1n) is 9.37. The largest absolute Gasteiger partial charge is 0.497 e. The fourth-order valence-corrected chi connectivity index (χ4v) is 3.52. The lowest BCUT2D eigenvalue weighted by atomic mass is 10.1. The average molecular weight is 384 g/mol. The van der Waals surface area contributed by atoms with E-state index in [0.29, 0.717) is 6.67 Å². The summed E-state index contributed by atoms with van der Waals surface area (Å²) in [6, 6.07) is 18.4. The minimum atomic E-state index is 0.701. The SMILES string of the molecule is COc1cccc(CN2C=NN(c3ccc(-c4ncnc5[nH]ccc45)cc3)C2)c1. The number of hydrogen-bond acceptors (Lipinski definition) is 6. The zero-order valence-corrected chi connectivity index (χ0v) is 16.0. The number of benzene rings is 2. The van der Waals surface area contributed by atoms with Gasteiger partial charge in [0.1, 0.15) is 30.7 Å². The third-order valence-electron chi connectivity index (χ3n) is 4.98. The lowest BCUT2D eigenvalue weighted by Crippen LogP contribution is -2.26. The molecule has 0 aliphatic carbocycles. The van der Waals surface area contributed by atoms with Crippen LogP contribution in [0.4, 0.5) is 5.69 Å². The van der Waals surface area contributed by atoms with Gasteiger partial charge in [-0.3, -0.25) is 0 Å². The third kappa shape index (κ3) is 3.38. The molecule has 7 heteroatoms. The van der Waals surface area contributed by atoms with Crippen LogP contribution >= 0.6 is 0 Å². The molecule has 0 amide bonds. The number of fused-ring (bicyclic) bond motifs is 1. The lowest BCUT2D eigenvalue weighted by molar-refractivity contribution is 0.411. The highest BCUT2D eigenvalue weighted by molar-refractivity contribution is 5.90.